The number of rotatable bonds is 3. The smallest absolute Gasteiger partial charge is 0.330 e. The second kappa shape index (κ2) is 6.77. The minimum absolute atomic E-state index is 0.0672. The van der Waals surface area contributed by atoms with Crippen molar-refractivity contribution in [3.63, 3.8) is 0 Å². The monoisotopic (exact) mass is 305 g/mol. The number of piperidine rings is 1. The van der Waals surface area contributed by atoms with Crippen molar-refractivity contribution in [1.82, 2.24) is 14.0 Å². The van der Waals surface area contributed by atoms with Crippen LogP contribution in [0.4, 0.5) is 0 Å². The zero-order valence-electron chi connectivity index (χ0n) is 13.4. The minimum atomic E-state index is -0.391. The summed E-state index contributed by atoms with van der Waals surface area (Å²) in [7, 11) is 3.01. The molecule has 6 heteroatoms. The Morgan fingerprint density at radius 3 is 2.73 bits per heavy atom. The van der Waals surface area contributed by atoms with E-state index in [1.165, 1.54) is 30.0 Å². The lowest BCUT2D eigenvalue weighted by molar-refractivity contribution is -0.129. The second-order valence-electron chi connectivity index (χ2n) is 5.76. The largest absolute Gasteiger partial charge is 0.336 e. The molecule has 0 radical (unpaired) electrons. The number of hydrogen-bond acceptors (Lipinski definition) is 3. The highest BCUT2D eigenvalue weighted by atomic mass is 16.2. The number of likely N-dealkylation sites (tertiary alicyclic amines) is 1. The van der Waals surface area contributed by atoms with Gasteiger partial charge in [-0.2, -0.15) is 0 Å². The Morgan fingerprint density at radius 2 is 2.05 bits per heavy atom. The maximum Gasteiger partial charge on any atom is 0.330 e. The van der Waals surface area contributed by atoms with Crippen LogP contribution in [0.15, 0.2) is 21.9 Å². The molecule has 2 rings (SSSR count). The van der Waals surface area contributed by atoms with Crippen LogP contribution in [0.25, 0.3) is 6.08 Å². The highest BCUT2D eigenvalue weighted by Gasteiger charge is 2.23. The van der Waals surface area contributed by atoms with Gasteiger partial charge in [-0.05, 0) is 31.8 Å². The number of aromatic nitrogens is 2. The molecular weight excluding hydrogens is 282 g/mol. The standard InChI is InChI=1S/C16H23N3O3/c1-4-13-7-5-6-10-19(13)14(20)9-8-12-11-17(2)16(22)18(3)15(12)21/h8-9,11,13H,4-7,10H2,1-3H3/b9-8+. The number of hydrogen-bond donors (Lipinski definition) is 0. The van der Waals surface area contributed by atoms with Gasteiger partial charge in [0.2, 0.25) is 5.91 Å². The summed E-state index contributed by atoms with van der Waals surface area (Å²) in [5, 5.41) is 0. The highest BCUT2D eigenvalue weighted by Crippen LogP contribution is 2.19. The van der Waals surface area contributed by atoms with E-state index in [1.807, 2.05) is 4.90 Å². The van der Waals surface area contributed by atoms with Gasteiger partial charge in [0, 0.05) is 39.0 Å². The molecule has 2 heterocycles. The lowest BCUT2D eigenvalue weighted by Crippen LogP contribution is -2.42. The fourth-order valence-corrected chi connectivity index (χ4v) is 2.92. The molecule has 0 aromatic carbocycles. The molecule has 120 valence electrons. The second-order valence-corrected chi connectivity index (χ2v) is 5.76. The van der Waals surface area contributed by atoms with Crippen molar-refractivity contribution in [2.45, 2.75) is 38.6 Å². The predicted molar refractivity (Wildman–Crippen MR) is 85.6 cm³/mol. The molecule has 1 atom stereocenters. The lowest BCUT2D eigenvalue weighted by Gasteiger charge is -2.34. The van der Waals surface area contributed by atoms with Gasteiger partial charge >= 0.3 is 5.69 Å². The number of nitrogens with zero attached hydrogens (tertiary/aromatic N) is 3. The molecule has 0 saturated carbocycles. The van der Waals surface area contributed by atoms with Crippen molar-refractivity contribution in [3.8, 4) is 0 Å². The van der Waals surface area contributed by atoms with Crippen LogP contribution in [-0.2, 0) is 18.9 Å². The van der Waals surface area contributed by atoms with Crippen molar-refractivity contribution in [2.24, 2.45) is 14.1 Å². The molecule has 6 nitrogen and oxygen atoms in total. The number of carbonyl (C=O) groups excluding carboxylic acids is 1. The number of aryl methyl sites for hydroxylation is 1. The Hall–Kier alpha value is -2.11. The van der Waals surface area contributed by atoms with E-state index in [9.17, 15) is 14.4 Å². The van der Waals surface area contributed by atoms with Gasteiger partial charge in [0.25, 0.3) is 5.56 Å². The maximum atomic E-state index is 12.4. The molecular formula is C16H23N3O3. The van der Waals surface area contributed by atoms with Crippen molar-refractivity contribution in [2.75, 3.05) is 6.54 Å². The van der Waals surface area contributed by atoms with Crippen molar-refractivity contribution in [3.05, 3.63) is 38.7 Å². The van der Waals surface area contributed by atoms with Crippen LogP contribution in [0, 0.1) is 0 Å². The third-order valence-electron chi connectivity index (χ3n) is 4.26. The Bertz CT molecular complexity index is 700. The van der Waals surface area contributed by atoms with E-state index in [4.69, 9.17) is 0 Å². The average Bonchev–Trinajstić information content (AvgIpc) is 2.54. The SMILES string of the molecule is CCC1CCCCN1C(=O)/C=C/c1cn(C)c(=O)n(C)c1=O. The quantitative estimate of drug-likeness (QED) is 0.779. The molecule has 0 spiro atoms. The first-order valence-corrected chi connectivity index (χ1v) is 7.71. The van der Waals surface area contributed by atoms with Gasteiger partial charge in [-0.15, -0.1) is 0 Å². The normalized spacial score (nSPS) is 18.9. The zero-order chi connectivity index (χ0) is 16.3. The van der Waals surface area contributed by atoms with E-state index in [1.54, 1.807) is 7.05 Å². The first-order valence-electron chi connectivity index (χ1n) is 7.71. The van der Waals surface area contributed by atoms with Crippen LogP contribution >= 0.6 is 0 Å². The Morgan fingerprint density at radius 1 is 1.32 bits per heavy atom. The Kier molecular flexibility index (Phi) is 5.00. The van der Waals surface area contributed by atoms with Crippen LogP contribution in [0.1, 0.15) is 38.2 Å². The summed E-state index contributed by atoms with van der Waals surface area (Å²) < 4.78 is 2.38. The van der Waals surface area contributed by atoms with Gasteiger partial charge in [0.1, 0.15) is 0 Å². The third kappa shape index (κ3) is 3.21. The van der Waals surface area contributed by atoms with Crippen LogP contribution in [0.3, 0.4) is 0 Å². The summed E-state index contributed by atoms with van der Waals surface area (Å²) in [6.45, 7) is 2.86. The highest BCUT2D eigenvalue weighted by molar-refractivity contribution is 5.92. The molecule has 0 N–H and O–H groups in total. The van der Waals surface area contributed by atoms with Crippen LogP contribution < -0.4 is 11.2 Å². The Balaban J connectivity index is 2.23. The molecule has 0 bridgehead atoms. The van der Waals surface area contributed by atoms with Crippen molar-refractivity contribution in [1.29, 1.82) is 0 Å². The molecule has 0 aliphatic carbocycles. The molecule has 22 heavy (non-hydrogen) atoms. The van der Waals surface area contributed by atoms with Crippen LogP contribution in [-0.4, -0.2) is 32.5 Å². The molecule has 1 aliphatic rings. The predicted octanol–water partition coefficient (Wildman–Crippen LogP) is 0.888. The van der Waals surface area contributed by atoms with Gasteiger partial charge in [0.15, 0.2) is 0 Å². The third-order valence-corrected chi connectivity index (χ3v) is 4.26. The van der Waals surface area contributed by atoms with Crippen molar-refractivity contribution < 1.29 is 4.79 Å². The molecule has 1 saturated heterocycles. The molecule has 1 aromatic rings. The summed E-state index contributed by atoms with van der Waals surface area (Å²) in [6.07, 6.45) is 8.58. The zero-order valence-corrected chi connectivity index (χ0v) is 13.4. The molecule has 1 unspecified atom stereocenters. The summed E-state index contributed by atoms with van der Waals surface area (Å²) in [5.41, 5.74) is -0.434. The van der Waals surface area contributed by atoms with Crippen LogP contribution in [0.2, 0.25) is 0 Å². The van der Waals surface area contributed by atoms with E-state index < -0.39 is 5.56 Å². The maximum absolute atomic E-state index is 12.4. The van der Waals surface area contributed by atoms with E-state index in [2.05, 4.69) is 6.92 Å². The van der Waals surface area contributed by atoms with Gasteiger partial charge in [-0.3, -0.25) is 14.2 Å². The van der Waals surface area contributed by atoms with E-state index in [0.29, 0.717) is 5.56 Å². The summed E-state index contributed by atoms with van der Waals surface area (Å²) >= 11 is 0. The van der Waals surface area contributed by atoms with Gasteiger partial charge in [-0.25, -0.2) is 4.79 Å². The molecule has 1 fully saturated rings. The lowest BCUT2D eigenvalue weighted by atomic mass is 10.00. The topological polar surface area (TPSA) is 64.3 Å². The molecule has 1 aliphatic heterocycles. The number of amides is 1. The Labute approximate surface area is 129 Å². The first kappa shape index (κ1) is 16.3. The summed E-state index contributed by atoms with van der Waals surface area (Å²) in [4.78, 5) is 37.9. The summed E-state index contributed by atoms with van der Waals surface area (Å²) in [6, 6.07) is 0.286. The van der Waals surface area contributed by atoms with Crippen molar-refractivity contribution >= 4 is 12.0 Å². The van der Waals surface area contributed by atoms with Gasteiger partial charge in [-0.1, -0.05) is 6.92 Å². The number of carbonyl (C=O) groups is 1. The van der Waals surface area contributed by atoms with E-state index in [0.717, 1.165) is 36.8 Å². The van der Waals surface area contributed by atoms with E-state index >= 15 is 0 Å². The fraction of sp³-hybridized carbons (Fsp3) is 0.562. The average molecular weight is 305 g/mol. The molecule has 1 aromatic heterocycles. The van der Waals surface area contributed by atoms with Crippen LogP contribution in [0.5, 0.6) is 0 Å². The van der Waals surface area contributed by atoms with E-state index in [-0.39, 0.29) is 17.6 Å². The summed E-state index contributed by atoms with van der Waals surface area (Å²) in [5.74, 6) is -0.0672. The first-order chi connectivity index (χ1) is 10.5. The minimum Gasteiger partial charge on any atom is -0.336 e. The van der Waals surface area contributed by atoms with Gasteiger partial charge in [0.05, 0.1) is 5.56 Å². The van der Waals surface area contributed by atoms with Gasteiger partial charge < -0.3 is 9.47 Å². The molecule has 1 amide bonds. The fourth-order valence-electron chi connectivity index (χ4n) is 2.92.